The SMILES string of the molecule is O=C(Cc1sc(Nc2ccccc2)nc1-c1ccccc1)N1CCN(c2ccc(F)cc2)CC1. The molecule has 172 valence electrons. The molecule has 2 heterocycles. The number of para-hydroxylation sites is 1. The second-order valence-corrected chi connectivity index (χ2v) is 9.25. The molecule has 5 rings (SSSR count). The van der Waals surface area contributed by atoms with E-state index in [0.29, 0.717) is 19.5 Å². The molecule has 0 atom stereocenters. The molecule has 5 nitrogen and oxygen atoms in total. The van der Waals surface area contributed by atoms with E-state index in [9.17, 15) is 9.18 Å². The summed E-state index contributed by atoms with van der Waals surface area (Å²) in [5.74, 6) is -0.136. The molecule has 0 radical (unpaired) electrons. The van der Waals surface area contributed by atoms with Crippen LogP contribution >= 0.6 is 11.3 Å². The van der Waals surface area contributed by atoms with Crippen molar-refractivity contribution >= 4 is 33.8 Å². The molecule has 7 heteroatoms. The van der Waals surface area contributed by atoms with Gasteiger partial charge in [-0.2, -0.15) is 0 Å². The van der Waals surface area contributed by atoms with Crippen LogP contribution in [0.15, 0.2) is 84.9 Å². The van der Waals surface area contributed by atoms with Crippen molar-refractivity contribution in [3.8, 4) is 11.3 Å². The molecule has 1 fully saturated rings. The average molecular weight is 473 g/mol. The highest BCUT2D eigenvalue weighted by Gasteiger charge is 2.24. The molecule has 0 unspecified atom stereocenters. The smallest absolute Gasteiger partial charge is 0.228 e. The Balaban J connectivity index is 1.30. The molecule has 3 aromatic carbocycles. The van der Waals surface area contributed by atoms with Gasteiger partial charge in [-0.15, -0.1) is 11.3 Å². The fraction of sp³-hybridized carbons (Fsp3) is 0.185. The molecule has 1 aliphatic heterocycles. The van der Waals surface area contributed by atoms with E-state index in [1.165, 1.54) is 23.5 Å². The third kappa shape index (κ3) is 5.10. The van der Waals surface area contributed by atoms with Crippen LogP contribution in [0.2, 0.25) is 0 Å². The number of nitrogens with one attached hydrogen (secondary N) is 1. The number of piperazine rings is 1. The van der Waals surface area contributed by atoms with E-state index in [4.69, 9.17) is 4.98 Å². The number of carbonyl (C=O) groups excluding carboxylic acids is 1. The molecular formula is C27H25FN4OS. The normalized spacial score (nSPS) is 13.7. The van der Waals surface area contributed by atoms with E-state index in [0.717, 1.165) is 45.7 Å². The Labute approximate surface area is 202 Å². The van der Waals surface area contributed by atoms with Crippen molar-refractivity contribution in [2.75, 3.05) is 36.4 Å². The molecule has 1 aliphatic rings. The quantitative estimate of drug-likeness (QED) is 0.398. The number of amides is 1. The Morgan fingerprint density at radius 1 is 0.882 bits per heavy atom. The monoisotopic (exact) mass is 472 g/mol. The molecule has 4 aromatic rings. The van der Waals surface area contributed by atoms with E-state index in [1.807, 2.05) is 65.6 Å². The number of aromatic nitrogens is 1. The maximum absolute atomic E-state index is 13.2. The van der Waals surface area contributed by atoms with Gasteiger partial charge in [0, 0.05) is 48.0 Å². The lowest BCUT2D eigenvalue weighted by Gasteiger charge is -2.36. The first-order valence-corrected chi connectivity index (χ1v) is 12.1. The third-order valence-electron chi connectivity index (χ3n) is 5.91. The van der Waals surface area contributed by atoms with E-state index in [2.05, 4.69) is 10.2 Å². The molecule has 1 amide bonds. The highest BCUT2D eigenvalue weighted by atomic mass is 32.1. The zero-order chi connectivity index (χ0) is 23.3. The van der Waals surface area contributed by atoms with Gasteiger partial charge in [-0.1, -0.05) is 48.5 Å². The standard InChI is InChI=1S/C27H25FN4OS/c28-21-11-13-23(14-12-21)31-15-17-32(18-16-31)25(33)19-24-26(20-7-3-1-4-8-20)30-27(34-24)29-22-9-5-2-6-10-22/h1-14H,15-19H2,(H,29,30). The summed E-state index contributed by atoms with van der Waals surface area (Å²) < 4.78 is 13.2. The first-order chi connectivity index (χ1) is 16.7. The average Bonchev–Trinajstić information content (AvgIpc) is 3.27. The predicted octanol–water partition coefficient (Wildman–Crippen LogP) is 5.58. The van der Waals surface area contributed by atoms with E-state index in [-0.39, 0.29) is 11.7 Å². The van der Waals surface area contributed by atoms with Crippen LogP contribution in [0.3, 0.4) is 0 Å². The number of rotatable bonds is 6. The van der Waals surface area contributed by atoms with Crippen LogP contribution in [-0.4, -0.2) is 42.0 Å². The minimum Gasteiger partial charge on any atom is -0.368 e. The van der Waals surface area contributed by atoms with E-state index in [1.54, 1.807) is 12.1 Å². The van der Waals surface area contributed by atoms with Gasteiger partial charge in [0.2, 0.25) is 5.91 Å². The molecule has 0 bridgehead atoms. The molecular weight excluding hydrogens is 447 g/mol. The van der Waals surface area contributed by atoms with Gasteiger partial charge in [-0.05, 0) is 36.4 Å². The minimum absolute atomic E-state index is 0.103. The molecule has 0 saturated carbocycles. The van der Waals surface area contributed by atoms with Crippen LogP contribution in [0.4, 0.5) is 20.9 Å². The van der Waals surface area contributed by atoms with Crippen LogP contribution in [-0.2, 0) is 11.2 Å². The largest absolute Gasteiger partial charge is 0.368 e. The highest BCUT2D eigenvalue weighted by molar-refractivity contribution is 7.16. The number of thiazole rings is 1. The Kier molecular flexibility index (Phi) is 6.53. The lowest BCUT2D eigenvalue weighted by atomic mass is 10.1. The number of benzene rings is 3. The van der Waals surface area contributed by atoms with Gasteiger partial charge in [0.1, 0.15) is 5.82 Å². The number of carbonyl (C=O) groups is 1. The lowest BCUT2D eigenvalue weighted by Crippen LogP contribution is -2.49. The topological polar surface area (TPSA) is 48.5 Å². The zero-order valence-corrected chi connectivity index (χ0v) is 19.5. The number of hydrogen-bond acceptors (Lipinski definition) is 5. The van der Waals surface area contributed by atoms with Gasteiger partial charge in [-0.3, -0.25) is 4.79 Å². The van der Waals surface area contributed by atoms with Gasteiger partial charge < -0.3 is 15.1 Å². The minimum atomic E-state index is -0.238. The number of halogens is 1. The number of nitrogens with zero attached hydrogens (tertiary/aromatic N) is 3. The summed E-state index contributed by atoms with van der Waals surface area (Å²) in [6.45, 7) is 2.74. The lowest BCUT2D eigenvalue weighted by molar-refractivity contribution is -0.130. The molecule has 1 N–H and O–H groups in total. The maximum atomic E-state index is 13.2. The van der Waals surface area contributed by atoms with Gasteiger partial charge in [0.15, 0.2) is 5.13 Å². The summed E-state index contributed by atoms with van der Waals surface area (Å²) in [6.07, 6.45) is 0.314. The second kappa shape index (κ2) is 10.1. The van der Waals surface area contributed by atoms with Crippen LogP contribution in [0.25, 0.3) is 11.3 Å². The van der Waals surface area contributed by atoms with Gasteiger partial charge in [-0.25, -0.2) is 9.37 Å². The highest BCUT2D eigenvalue weighted by Crippen LogP contribution is 2.33. The van der Waals surface area contributed by atoms with E-state index >= 15 is 0 Å². The molecule has 0 spiro atoms. The van der Waals surface area contributed by atoms with Crippen molar-refractivity contribution in [2.24, 2.45) is 0 Å². The van der Waals surface area contributed by atoms with Crippen molar-refractivity contribution < 1.29 is 9.18 Å². The molecule has 0 aliphatic carbocycles. The van der Waals surface area contributed by atoms with E-state index < -0.39 is 0 Å². The Morgan fingerprint density at radius 3 is 2.21 bits per heavy atom. The van der Waals surface area contributed by atoms with Crippen molar-refractivity contribution in [3.05, 3.63) is 95.6 Å². The fourth-order valence-electron chi connectivity index (χ4n) is 4.11. The number of anilines is 3. The summed E-state index contributed by atoms with van der Waals surface area (Å²) in [4.78, 5) is 23.1. The first-order valence-electron chi connectivity index (χ1n) is 11.3. The summed E-state index contributed by atoms with van der Waals surface area (Å²) >= 11 is 1.52. The van der Waals surface area contributed by atoms with Gasteiger partial charge in [0.25, 0.3) is 0 Å². The van der Waals surface area contributed by atoms with Crippen LogP contribution in [0.1, 0.15) is 4.88 Å². The first kappa shape index (κ1) is 22.1. The predicted molar refractivity (Wildman–Crippen MR) is 136 cm³/mol. The van der Waals surface area contributed by atoms with Crippen LogP contribution < -0.4 is 10.2 Å². The summed E-state index contributed by atoms with van der Waals surface area (Å²) in [5.41, 5.74) is 3.80. The second-order valence-electron chi connectivity index (χ2n) is 8.17. The number of hydrogen-bond donors (Lipinski definition) is 1. The molecule has 1 aromatic heterocycles. The summed E-state index contributed by atoms with van der Waals surface area (Å²) in [6, 6.07) is 26.4. The van der Waals surface area contributed by atoms with Crippen molar-refractivity contribution in [3.63, 3.8) is 0 Å². The Hall–Kier alpha value is -3.71. The Bertz CT molecular complexity index is 1240. The molecule has 1 saturated heterocycles. The van der Waals surface area contributed by atoms with Crippen molar-refractivity contribution in [1.82, 2.24) is 9.88 Å². The Morgan fingerprint density at radius 2 is 1.53 bits per heavy atom. The third-order valence-corrected chi connectivity index (χ3v) is 6.88. The maximum Gasteiger partial charge on any atom is 0.228 e. The van der Waals surface area contributed by atoms with Crippen molar-refractivity contribution in [1.29, 1.82) is 0 Å². The van der Waals surface area contributed by atoms with Crippen LogP contribution in [0, 0.1) is 5.82 Å². The van der Waals surface area contributed by atoms with Gasteiger partial charge in [0.05, 0.1) is 12.1 Å². The fourth-order valence-corrected chi connectivity index (χ4v) is 5.10. The van der Waals surface area contributed by atoms with Crippen LogP contribution in [0.5, 0.6) is 0 Å². The molecule has 34 heavy (non-hydrogen) atoms. The van der Waals surface area contributed by atoms with Gasteiger partial charge >= 0.3 is 0 Å². The van der Waals surface area contributed by atoms with Crippen molar-refractivity contribution in [2.45, 2.75) is 6.42 Å². The summed E-state index contributed by atoms with van der Waals surface area (Å²) in [7, 11) is 0. The summed E-state index contributed by atoms with van der Waals surface area (Å²) in [5, 5.41) is 4.14. The zero-order valence-electron chi connectivity index (χ0n) is 18.7.